The van der Waals surface area contributed by atoms with Gasteiger partial charge in [0, 0.05) is 12.0 Å². The third-order valence-corrected chi connectivity index (χ3v) is 7.31. The standard InChI is InChI=1S/C32H34F4/c1-3-5-22-7-9-24(10-8-22)13-16-26-17-19-28(31(34)30(26)33)29-20-18-27(21-32(29,35)36)25-14-11-23(6-4-2)12-15-25/h7-17,19,27,29H,3-6,18,20-21H2,1-2H3/b16-13+. The maximum Gasteiger partial charge on any atom is 0.255 e. The number of hydrogen-bond acceptors (Lipinski definition) is 0. The van der Waals surface area contributed by atoms with E-state index in [9.17, 15) is 4.39 Å². The molecule has 2 unspecified atom stereocenters. The monoisotopic (exact) mass is 494 g/mol. The third kappa shape index (κ3) is 5.91. The van der Waals surface area contributed by atoms with E-state index in [1.165, 1.54) is 29.3 Å². The van der Waals surface area contributed by atoms with E-state index in [2.05, 4.69) is 13.8 Å². The molecule has 0 saturated heterocycles. The first-order valence-electron chi connectivity index (χ1n) is 13.0. The summed E-state index contributed by atoms with van der Waals surface area (Å²) in [4.78, 5) is 0. The summed E-state index contributed by atoms with van der Waals surface area (Å²) in [5.41, 5.74) is 4.00. The maximum absolute atomic E-state index is 15.3. The predicted molar refractivity (Wildman–Crippen MR) is 140 cm³/mol. The molecule has 0 radical (unpaired) electrons. The molecule has 1 aliphatic rings. The number of rotatable bonds is 8. The van der Waals surface area contributed by atoms with E-state index >= 15 is 13.2 Å². The minimum atomic E-state index is -3.12. The lowest BCUT2D eigenvalue weighted by Gasteiger charge is -2.36. The van der Waals surface area contributed by atoms with Gasteiger partial charge >= 0.3 is 0 Å². The summed E-state index contributed by atoms with van der Waals surface area (Å²) < 4.78 is 60.5. The van der Waals surface area contributed by atoms with E-state index < -0.39 is 23.5 Å². The van der Waals surface area contributed by atoms with Gasteiger partial charge in [0.2, 0.25) is 0 Å². The Kier molecular flexibility index (Phi) is 8.33. The fourth-order valence-electron chi connectivity index (χ4n) is 5.31. The molecule has 190 valence electrons. The molecule has 0 nitrogen and oxygen atoms in total. The molecule has 1 aliphatic carbocycles. The first kappa shape index (κ1) is 26.2. The second-order valence-electron chi connectivity index (χ2n) is 9.98. The second kappa shape index (κ2) is 11.5. The van der Waals surface area contributed by atoms with Crippen molar-refractivity contribution in [1.29, 1.82) is 0 Å². The molecule has 3 aromatic carbocycles. The van der Waals surface area contributed by atoms with Crippen molar-refractivity contribution < 1.29 is 17.6 Å². The van der Waals surface area contributed by atoms with Gasteiger partial charge in [0.25, 0.3) is 5.92 Å². The van der Waals surface area contributed by atoms with Crippen LogP contribution in [0.1, 0.15) is 91.2 Å². The van der Waals surface area contributed by atoms with Crippen molar-refractivity contribution in [2.24, 2.45) is 0 Å². The molecule has 3 aromatic rings. The van der Waals surface area contributed by atoms with Gasteiger partial charge in [-0.3, -0.25) is 0 Å². The Morgan fingerprint density at radius 2 is 1.36 bits per heavy atom. The van der Waals surface area contributed by atoms with E-state index in [1.54, 1.807) is 6.08 Å². The summed E-state index contributed by atoms with van der Waals surface area (Å²) >= 11 is 0. The summed E-state index contributed by atoms with van der Waals surface area (Å²) in [5.74, 6) is -6.97. The smallest absolute Gasteiger partial charge is 0.206 e. The molecule has 0 bridgehead atoms. The number of benzene rings is 3. The molecule has 0 spiro atoms. The average molecular weight is 495 g/mol. The topological polar surface area (TPSA) is 0 Å². The van der Waals surface area contributed by atoms with Crippen LogP contribution in [0.5, 0.6) is 0 Å². The highest BCUT2D eigenvalue weighted by Gasteiger charge is 2.47. The van der Waals surface area contributed by atoms with Crippen LogP contribution in [0.3, 0.4) is 0 Å². The average Bonchev–Trinajstić information content (AvgIpc) is 2.87. The van der Waals surface area contributed by atoms with Gasteiger partial charge in [-0.2, -0.15) is 0 Å². The largest absolute Gasteiger partial charge is 0.255 e. The van der Waals surface area contributed by atoms with Crippen molar-refractivity contribution in [3.8, 4) is 0 Å². The highest BCUT2D eigenvalue weighted by Crippen LogP contribution is 2.50. The zero-order chi connectivity index (χ0) is 25.7. The van der Waals surface area contributed by atoms with Crippen molar-refractivity contribution in [3.05, 3.63) is 106 Å². The van der Waals surface area contributed by atoms with Gasteiger partial charge in [0.05, 0.1) is 5.92 Å². The zero-order valence-electron chi connectivity index (χ0n) is 21.0. The number of aryl methyl sites for hydroxylation is 2. The van der Waals surface area contributed by atoms with Crippen LogP contribution in [0.4, 0.5) is 17.6 Å². The summed E-state index contributed by atoms with van der Waals surface area (Å²) in [7, 11) is 0. The summed E-state index contributed by atoms with van der Waals surface area (Å²) in [6.07, 6.45) is 7.51. The highest BCUT2D eigenvalue weighted by atomic mass is 19.3. The van der Waals surface area contributed by atoms with Crippen LogP contribution in [0, 0.1) is 11.6 Å². The van der Waals surface area contributed by atoms with E-state index in [4.69, 9.17) is 0 Å². The first-order chi connectivity index (χ1) is 17.3. The Bertz CT molecular complexity index is 1180. The first-order valence-corrected chi connectivity index (χ1v) is 13.0. The summed E-state index contributed by atoms with van der Waals surface area (Å²) in [6, 6.07) is 18.5. The van der Waals surface area contributed by atoms with Gasteiger partial charge in [0.1, 0.15) is 0 Å². The van der Waals surface area contributed by atoms with Crippen LogP contribution in [0.25, 0.3) is 12.2 Å². The van der Waals surface area contributed by atoms with Crippen LogP contribution in [-0.2, 0) is 12.8 Å². The lowest BCUT2D eigenvalue weighted by Crippen LogP contribution is -2.34. The molecule has 0 aromatic heterocycles. The molecule has 1 saturated carbocycles. The number of alkyl halides is 2. The van der Waals surface area contributed by atoms with Crippen molar-refractivity contribution in [3.63, 3.8) is 0 Å². The molecular weight excluding hydrogens is 460 g/mol. The summed E-state index contributed by atoms with van der Waals surface area (Å²) in [5, 5.41) is 0. The maximum atomic E-state index is 15.3. The Morgan fingerprint density at radius 3 is 1.94 bits per heavy atom. The molecule has 1 fully saturated rings. The van der Waals surface area contributed by atoms with Gasteiger partial charge in [-0.25, -0.2) is 17.6 Å². The molecule has 2 atom stereocenters. The van der Waals surface area contributed by atoms with Crippen molar-refractivity contribution in [2.75, 3.05) is 0 Å². The molecular formula is C32H34F4. The minimum Gasteiger partial charge on any atom is -0.206 e. The van der Waals surface area contributed by atoms with Crippen LogP contribution in [0.2, 0.25) is 0 Å². The molecule has 0 amide bonds. The van der Waals surface area contributed by atoms with Gasteiger partial charge in [0.15, 0.2) is 11.6 Å². The Labute approximate surface area is 212 Å². The minimum absolute atomic E-state index is 0.0538. The van der Waals surface area contributed by atoms with Crippen LogP contribution >= 0.6 is 0 Å². The van der Waals surface area contributed by atoms with Crippen LogP contribution in [0.15, 0.2) is 60.7 Å². The molecule has 0 N–H and O–H groups in total. The second-order valence-corrected chi connectivity index (χ2v) is 9.98. The number of hydrogen-bond donors (Lipinski definition) is 0. The lowest BCUT2D eigenvalue weighted by molar-refractivity contribution is -0.0625. The number of halogens is 4. The fraction of sp³-hybridized carbons (Fsp3) is 0.375. The molecule has 0 aliphatic heterocycles. The van der Waals surface area contributed by atoms with Crippen molar-refractivity contribution in [1.82, 2.24) is 0 Å². The van der Waals surface area contributed by atoms with Gasteiger partial charge < -0.3 is 0 Å². The van der Waals surface area contributed by atoms with E-state index in [1.807, 2.05) is 48.5 Å². The molecule has 36 heavy (non-hydrogen) atoms. The SMILES string of the molecule is CCCc1ccc(/C=C/c2ccc(C3CCC(c4ccc(CCC)cc4)CC3(F)F)c(F)c2F)cc1. The Morgan fingerprint density at radius 1 is 0.750 bits per heavy atom. The van der Waals surface area contributed by atoms with E-state index in [0.29, 0.717) is 6.42 Å². The van der Waals surface area contributed by atoms with Gasteiger partial charge in [-0.05, 0) is 59.4 Å². The lowest BCUT2D eigenvalue weighted by atomic mass is 9.73. The Hall–Kier alpha value is -2.88. The third-order valence-electron chi connectivity index (χ3n) is 7.31. The van der Waals surface area contributed by atoms with Crippen LogP contribution < -0.4 is 0 Å². The quantitative estimate of drug-likeness (QED) is 0.216. The molecule has 0 heterocycles. The molecule has 4 rings (SSSR count). The van der Waals surface area contributed by atoms with Crippen LogP contribution in [-0.4, -0.2) is 5.92 Å². The van der Waals surface area contributed by atoms with Crippen molar-refractivity contribution >= 4 is 12.2 Å². The fourth-order valence-corrected chi connectivity index (χ4v) is 5.31. The zero-order valence-corrected chi connectivity index (χ0v) is 21.0. The Balaban J connectivity index is 1.49. The van der Waals surface area contributed by atoms with E-state index in [-0.39, 0.29) is 29.9 Å². The van der Waals surface area contributed by atoms with Gasteiger partial charge in [-0.1, -0.05) is 99.5 Å². The van der Waals surface area contributed by atoms with E-state index in [0.717, 1.165) is 36.8 Å². The molecule has 4 heteroatoms. The predicted octanol–water partition coefficient (Wildman–Crippen LogP) is 9.73. The highest BCUT2D eigenvalue weighted by molar-refractivity contribution is 5.70. The van der Waals surface area contributed by atoms with Crippen molar-refractivity contribution in [2.45, 2.75) is 76.6 Å². The summed E-state index contributed by atoms with van der Waals surface area (Å²) in [6.45, 7) is 4.22. The van der Waals surface area contributed by atoms with Gasteiger partial charge in [-0.15, -0.1) is 0 Å². The normalized spacial score (nSPS) is 19.6.